The summed E-state index contributed by atoms with van der Waals surface area (Å²) >= 11 is 0.923. The van der Waals surface area contributed by atoms with Gasteiger partial charge in [0.1, 0.15) is 6.10 Å². The van der Waals surface area contributed by atoms with Crippen molar-refractivity contribution in [3.63, 3.8) is 0 Å². The molecule has 0 aliphatic carbocycles. The number of thiophene rings is 1. The minimum absolute atomic E-state index is 0.00403. The number of amides is 2. The van der Waals surface area contributed by atoms with E-state index in [-0.39, 0.29) is 35.6 Å². The first-order valence-corrected chi connectivity index (χ1v) is 30.3. The van der Waals surface area contributed by atoms with E-state index in [0.29, 0.717) is 75.6 Å². The first-order valence-electron chi connectivity index (χ1n) is 26.9. The van der Waals surface area contributed by atoms with E-state index in [1.807, 2.05) is 19.0 Å². The first-order chi connectivity index (χ1) is 32.1. The molecule has 0 fully saturated rings. The van der Waals surface area contributed by atoms with Gasteiger partial charge in [0.2, 0.25) is 0 Å². The Balaban J connectivity index is 1.83. The average Bonchev–Trinajstić information content (AvgIpc) is 3.67. The average molecular weight is 1060 g/mol. The molecule has 0 aromatic carbocycles. The van der Waals surface area contributed by atoms with Crippen molar-refractivity contribution in [2.75, 3.05) is 44.8 Å². The van der Waals surface area contributed by atoms with Crippen LogP contribution in [0.4, 0.5) is 0 Å². The summed E-state index contributed by atoms with van der Waals surface area (Å²) < 4.78 is 13.0. The summed E-state index contributed by atoms with van der Waals surface area (Å²) in [6.45, 7) is 9.76. The zero-order valence-electron chi connectivity index (χ0n) is 42.7. The Labute approximate surface area is 417 Å². The van der Waals surface area contributed by atoms with Gasteiger partial charge in [-0.2, -0.15) is 0 Å². The van der Waals surface area contributed by atoms with Crippen molar-refractivity contribution in [3.05, 3.63) is 18.9 Å². The number of nitrogens with zero attached hydrogens (tertiary/aromatic N) is 2. The van der Waals surface area contributed by atoms with Gasteiger partial charge in [-0.1, -0.05) is 124 Å². The van der Waals surface area contributed by atoms with Gasteiger partial charge < -0.3 is 0 Å². The normalized spacial score (nSPS) is 12.6. The summed E-state index contributed by atoms with van der Waals surface area (Å²) in [6, 6.07) is 0. The van der Waals surface area contributed by atoms with E-state index < -0.39 is 21.2 Å². The zero-order chi connectivity index (χ0) is 48.0. The molecule has 1 aliphatic rings. The molecule has 0 atom stereocenters. The van der Waals surface area contributed by atoms with Crippen LogP contribution in [0, 0.1) is 2.88 Å². The van der Waals surface area contributed by atoms with E-state index in [2.05, 4.69) is 31.0 Å². The number of halogens is 1. The standard InChI is InChI=1S/C54H95IN3O7S/c1-6-9-12-15-18-23-30-42-64-50(61)36-27-22-21-24-32-45(59)43-55-53-52(54(63)56-39-31-40-57(4)5)47-38-41-58(44-48(47)66-53)49(60)35-28-29-37-51(62)65-46(33-25-19-16-13-10-7-2)34-26-20-17-14-11-8-3/h46H,6-44H2,1-5H3,(H,56,63)/q-1. The van der Waals surface area contributed by atoms with E-state index in [1.54, 1.807) is 11.3 Å². The van der Waals surface area contributed by atoms with Crippen LogP contribution in [0.25, 0.3) is 0 Å². The molecule has 1 aromatic rings. The van der Waals surface area contributed by atoms with Crippen LogP contribution in [-0.4, -0.2) is 90.2 Å². The molecule has 1 N–H and O–H groups in total. The van der Waals surface area contributed by atoms with Gasteiger partial charge in [0.25, 0.3) is 0 Å². The van der Waals surface area contributed by atoms with Gasteiger partial charge in [0.05, 0.1) is 0 Å². The van der Waals surface area contributed by atoms with Gasteiger partial charge in [-0.25, -0.2) is 0 Å². The number of unbranched alkanes of at least 4 members (excludes halogenated alkanes) is 20. The SMILES string of the molecule is CCCCCCCCCOC(=O)CCCCCCC(=O)C[I-]c1sc2c(c1C(=O)NCCCN(C)C)CCN(C(=O)CCCCC(=O)OC(CCCCCCCC)CCCCCCCC)C2. The second kappa shape index (κ2) is 39.8. The number of Topliss-reactive ketones (excluding diaryl/α,β-unsaturated/α-hetero) is 1. The Morgan fingerprint density at radius 1 is 0.652 bits per heavy atom. The summed E-state index contributed by atoms with van der Waals surface area (Å²) in [6.07, 6.45) is 33.0. The number of carbonyl (C=O) groups is 5. The van der Waals surface area contributed by atoms with Crippen LogP contribution in [0.1, 0.15) is 247 Å². The van der Waals surface area contributed by atoms with Gasteiger partial charge in [-0.15, -0.1) is 0 Å². The number of hydrogen-bond acceptors (Lipinski definition) is 9. The second-order valence-corrected chi connectivity index (χ2v) is 23.6. The van der Waals surface area contributed by atoms with Gasteiger partial charge in [-0.05, 0) is 25.7 Å². The van der Waals surface area contributed by atoms with Crippen molar-refractivity contribution in [3.8, 4) is 0 Å². The van der Waals surface area contributed by atoms with Crippen molar-refractivity contribution in [1.29, 1.82) is 0 Å². The molecule has 1 aromatic heterocycles. The maximum atomic E-state index is 13.7. The number of nitrogens with one attached hydrogen (secondary N) is 1. The van der Waals surface area contributed by atoms with E-state index in [4.69, 9.17) is 9.47 Å². The first kappa shape index (κ1) is 60.1. The Hall–Kier alpha value is -2.06. The molecule has 2 heterocycles. The minimum atomic E-state index is -0.711. The molecule has 1 aliphatic heterocycles. The number of ether oxygens (including phenoxy) is 2. The number of esters is 2. The fraction of sp³-hybridized carbons (Fsp3) is 0.833. The topological polar surface area (TPSA) is 122 Å². The summed E-state index contributed by atoms with van der Waals surface area (Å²) in [5.41, 5.74) is 1.81. The van der Waals surface area contributed by atoms with Crippen LogP contribution < -0.4 is 26.5 Å². The molecule has 0 radical (unpaired) electrons. The van der Waals surface area contributed by atoms with Crippen molar-refractivity contribution >= 4 is 40.9 Å². The number of ketones is 1. The molecule has 0 unspecified atom stereocenters. The molecule has 2 amide bonds. The Bertz CT molecular complexity index is 1450. The van der Waals surface area contributed by atoms with Gasteiger partial charge in [0, 0.05) is 0 Å². The monoisotopic (exact) mass is 1060 g/mol. The molecule has 0 saturated heterocycles. The number of fused-ring (bicyclic) bond motifs is 1. The summed E-state index contributed by atoms with van der Waals surface area (Å²) in [7, 11) is 4.05. The number of rotatable bonds is 43. The molecular weight excluding hydrogens is 962 g/mol. The molecule has 0 bridgehead atoms. The quantitative estimate of drug-likeness (QED) is 0.0297. The van der Waals surface area contributed by atoms with E-state index in [0.717, 1.165) is 96.1 Å². The van der Waals surface area contributed by atoms with Crippen LogP contribution in [0.5, 0.6) is 0 Å². The van der Waals surface area contributed by atoms with E-state index in [9.17, 15) is 24.0 Å². The maximum absolute atomic E-state index is 13.7. The molecule has 382 valence electrons. The van der Waals surface area contributed by atoms with Crippen LogP contribution in [-0.2, 0) is 41.6 Å². The van der Waals surface area contributed by atoms with Crippen molar-refractivity contribution < 1.29 is 54.7 Å². The predicted molar refractivity (Wildman–Crippen MR) is 269 cm³/mol. The molecular formula is C54H95IN3O7S-. The summed E-state index contributed by atoms with van der Waals surface area (Å²) in [4.78, 5) is 70.5. The molecule has 66 heavy (non-hydrogen) atoms. The van der Waals surface area contributed by atoms with Gasteiger partial charge in [-0.3, -0.25) is 0 Å². The van der Waals surface area contributed by atoms with Crippen LogP contribution >= 0.6 is 11.3 Å². The summed E-state index contributed by atoms with van der Waals surface area (Å²) in [5.74, 6) is 0.0401. The molecule has 12 heteroatoms. The van der Waals surface area contributed by atoms with Crippen LogP contribution in [0.15, 0.2) is 0 Å². The van der Waals surface area contributed by atoms with Crippen molar-refractivity contribution in [2.24, 2.45) is 0 Å². The zero-order valence-corrected chi connectivity index (χ0v) is 45.7. The molecule has 10 nitrogen and oxygen atoms in total. The molecule has 0 spiro atoms. The van der Waals surface area contributed by atoms with Crippen LogP contribution in [0.2, 0.25) is 0 Å². The number of carbonyl (C=O) groups excluding carboxylic acids is 5. The Kier molecular flexibility index (Phi) is 36.2. The molecule has 0 saturated carbocycles. The van der Waals surface area contributed by atoms with Gasteiger partial charge >= 0.3 is 264 Å². The third-order valence-corrected chi connectivity index (χ3v) is 17.5. The number of alkyl halides is 1. The van der Waals surface area contributed by atoms with E-state index >= 15 is 0 Å². The Morgan fingerprint density at radius 3 is 1.80 bits per heavy atom. The Morgan fingerprint density at radius 2 is 1.18 bits per heavy atom. The fourth-order valence-electron chi connectivity index (χ4n) is 8.57. The third-order valence-electron chi connectivity index (χ3n) is 12.7. The fourth-order valence-corrected chi connectivity index (χ4v) is 13.4. The van der Waals surface area contributed by atoms with Crippen molar-refractivity contribution in [1.82, 2.24) is 15.1 Å². The molecule has 2 rings (SSSR count). The number of hydrogen-bond donors (Lipinski definition) is 1. The predicted octanol–water partition coefficient (Wildman–Crippen LogP) is 9.75. The van der Waals surface area contributed by atoms with Crippen molar-refractivity contribution in [2.45, 2.75) is 245 Å². The third kappa shape index (κ3) is 29.1. The summed E-state index contributed by atoms with van der Waals surface area (Å²) in [5, 5.41) is 3.16. The van der Waals surface area contributed by atoms with E-state index in [1.165, 1.54) is 96.3 Å². The second-order valence-electron chi connectivity index (χ2n) is 19.1. The van der Waals surface area contributed by atoms with Gasteiger partial charge in [0.15, 0.2) is 0 Å². The van der Waals surface area contributed by atoms with Crippen LogP contribution in [0.3, 0.4) is 0 Å².